The van der Waals surface area contributed by atoms with E-state index < -0.39 is 0 Å². The Labute approximate surface area is 126 Å². The fourth-order valence-corrected chi connectivity index (χ4v) is 2.30. The fraction of sp³-hybridized carbons (Fsp3) is 0.278. The van der Waals surface area contributed by atoms with E-state index in [-0.39, 0.29) is 5.91 Å². The number of amides is 1. The number of aryl methyl sites for hydroxylation is 1. The summed E-state index contributed by atoms with van der Waals surface area (Å²) in [4.78, 5) is 14.2. The predicted molar refractivity (Wildman–Crippen MR) is 87.4 cm³/mol. The fourth-order valence-electron chi connectivity index (χ4n) is 2.30. The maximum Gasteiger partial charge on any atom is 0.240 e. The Morgan fingerprint density at radius 3 is 2.52 bits per heavy atom. The van der Waals surface area contributed by atoms with Gasteiger partial charge in [-0.25, -0.2) is 0 Å². The molecule has 3 nitrogen and oxygen atoms in total. The van der Waals surface area contributed by atoms with Crippen LogP contribution in [-0.2, 0) is 11.3 Å². The molecule has 2 rings (SSSR count). The molecule has 2 aromatic rings. The summed E-state index contributed by atoms with van der Waals surface area (Å²) in [6.45, 7) is 5.76. The van der Waals surface area contributed by atoms with Crippen molar-refractivity contribution in [3.63, 3.8) is 0 Å². The molecule has 0 bridgehead atoms. The van der Waals surface area contributed by atoms with Crippen molar-refractivity contribution < 1.29 is 4.79 Å². The Morgan fingerprint density at radius 2 is 1.86 bits per heavy atom. The van der Waals surface area contributed by atoms with Crippen molar-refractivity contribution in [1.29, 1.82) is 0 Å². The van der Waals surface area contributed by atoms with Crippen LogP contribution in [0.3, 0.4) is 0 Å². The van der Waals surface area contributed by atoms with E-state index in [1.54, 1.807) is 0 Å². The number of carbonyl (C=O) groups excluding carboxylic acids is 1. The smallest absolute Gasteiger partial charge is 0.240 e. The summed E-state index contributed by atoms with van der Waals surface area (Å²) < 4.78 is 0. The second-order valence-electron chi connectivity index (χ2n) is 5.07. The highest BCUT2D eigenvalue weighted by Gasteiger charge is 2.13. The first kappa shape index (κ1) is 15.3. The molecule has 0 heterocycles. The van der Waals surface area contributed by atoms with Crippen molar-refractivity contribution in [1.82, 2.24) is 5.32 Å². The molecule has 21 heavy (non-hydrogen) atoms. The van der Waals surface area contributed by atoms with Crippen molar-refractivity contribution in [3.05, 3.63) is 65.7 Å². The lowest BCUT2D eigenvalue weighted by Gasteiger charge is -2.21. The first-order chi connectivity index (χ1) is 10.2. The highest BCUT2D eigenvalue weighted by Crippen LogP contribution is 2.15. The number of likely N-dealkylation sites (N-methyl/N-ethyl adjacent to an activating group) is 1. The lowest BCUT2D eigenvalue weighted by Crippen LogP contribution is -2.38. The predicted octanol–water partition coefficient (Wildman–Crippen LogP) is 3.14. The zero-order valence-corrected chi connectivity index (χ0v) is 12.7. The number of nitrogens with one attached hydrogen (secondary N) is 1. The monoisotopic (exact) mass is 282 g/mol. The van der Waals surface area contributed by atoms with Crippen molar-refractivity contribution in [3.8, 4) is 0 Å². The molecular formula is C18H22N2O. The second kappa shape index (κ2) is 7.60. The Balaban J connectivity index is 1.92. The molecule has 0 saturated carbocycles. The lowest BCUT2D eigenvalue weighted by atomic mass is 10.2. The molecule has 1 amide bonds. The van der Waals surface area contributed by atoms with Gasteiger partial charge in [0.1, 0.15) is 0 Å². The third-order valence-corrected chi connectivity index (χ3v) is 3.38. The van der Waals surface area contributed by atoms with Crippen LogP contribution >= 0.6 is 0 Å². The molecule has 0 fully saturated rings. The van der Waals surface area contributed by atoms with E-state index >= 15 is 0 Å². The van der Waals surface area contributed by atoms with Crippen LogP contribution in [0.4, 0.5) is 5.69 Å². The third kappa shape index (κ3) is 4.43. The normalized spacial score (nSPS) is 10.4. The molecule has 0 spiro atoms. The largest absolute Gasteiger partial charge is 0.312 e. The van der Waals surface area contributed by atoms with Gasteiger partial charge in [-0.3, -0.25) is 4.79 Å². The van der Waals surface area contributed by atoms with E-state index in [0.717, 1.165) is 11.3 Å². The van der Waals surface area contributed by atoms with Crippen LogP contribution in [0.25, 0.3) is 0 Å². The van der Waals surface area contributed by atoms with Gasteiger partial charge in [-0.05, 0) is 37.1 Å². The van der Waals surface area contributed by atoms with E-state index in [4.69, 9.17) is 0 Å². The van der Waals surface area contributed by atoms with E-state index in [2.05, 4.69) is 17.4 Å². The molecule has 0 aromatic heterocycles. The molecule has 110 valence electrons. The van der Waals surface area contributed by atoms with Crippen LogP contribution in [-0.4, -0.2) is 19.0 Å². The SMILES string of the molecule is CCN(C(=O)CNCc1ccccc1)c1cccc(C)c1. The number of rotatable bonds is 6. The first-order valence-corrected chi connectivity index (χ1v) is 7.32. The molecule has 0 unspecified atom stereocenters. The van der Waals surface area contributed by atoms with Gasteiger partial charge >= 0.3 is 0 Å². The van der Waals surface area contributed by atoms with Crippen molar-refractivity contribution in [2.45, 2.75) is 20.4 Å². The maximum absolute atomic E-state index is 12.3. The first-order valence-electron chi connectivity index (χ1n) is 7.32. The summed E-state index contributed by atoms with van der Waals surface area (Å²) >= 11 is 0. The van der Waals surface area contributed by atoms with Gasteiger partial charge in [-0.1, -0.05) is 42.5 Å². The standard InChI is InChI=1S/C18H22N2O/c1-3-20(17-11-7-8-15(2)12-17)18(21)14-19-13-16-9-5-4-6-10-16/h4-12,19H,3,13-14H2,1-2H3. The summed E-state index contributed by atoms with van der Waals surface area (Å²) in [6.07, 6.45) is 0. The van der Waals surface area contributed by atoms with Gasteiger partial charge in [-0.2, -0.15) is 0 Å². The minimum absolute atomic E-state index is 0.0963. The highest BCUT2D eigenvalue weighted by atomic mass is 16.2. The summed E-state index contributed by atoms with van der Waals surface area (Å²) in [6, 6.07) is 18.1. The molecule has 0 atom stereocenters. The number of carbonyl (C=O) groups is 1. The van der Waals surface area contributed by atoms with Gasteiger partial charge < -0.3 is 10.2 Å². The molecule has 0 aliphatic rings. The molecule has 3 heteroatoms. The van der Waals surface area contributed by atoms with Crippen LogP contribution in [0.15, 0.2) is 54.6 Å². The molecular weight excluding hydrogens is 260 g/mol. The zero-order chi connectivity index (χ0) is 15.1. The van der Waals surface area contributed by atoms with Crippen molar-refractivity contribution in [2.24, 2.45) is 0 Å². The second-order valence-corrected chi connectivity index (χ2v) is 5.07. The van der Waals surface area contributed by atoms with Crippen LogP contribution in [0, 0.1) is 6.92 Å². The lowest BCUT2D eigenvalue weighted by molar-refractivity contribution is -0.117. The summed E-state index contributed by atoms with van der Waals surface area (Å²) in [5.41, 5.74) is 3.31. The van der Waals surface area contributed by atoms with E-state index in [1.165, 1.54) is 5.56 Å². The van der Waals surface area contributed by atoms with Gasteiger partial charge in [0, 0.05) is 18.8 Å². The Hall–Kier alpha value is -2.13. The molecule has 0 aliphatic carbocycles. The summed E-state index contributed by atoms with van der Waals surface area (Å²) in [5.74, 6) is 0.0963. The molecule has 2 aromatic carbocycles. The van der Waals surface area contributed by atoms with Crippen molar-refractivity contribution in [2.75, 3.05) is 18.0 Å². The van der Waals surface area contributed by atoms with Crippen molar-refractivity contribution >= 4 is 11.6 Å². The van der Waals surface area contributed by atoms with Gasteiger partial charge in [0.05, 0.1) is 6.54 Å². The average molecular weight is 282 g/mol. The summed E-state index contributed by atoms with van der Waals surface area (Å²) in [5, 5.41) is 3.21. The van der Waals surface area contributed by atoms with E-state index in [1.807, 2.05) is 61.2 Å². The van der Waals surface area contributed by atoms with E-state index in [9.17, 15) is 4.79 Å². The van der Waals surface area contributed by atoms with Gasteiger partial charge in [0.2, 0.25) is 5.91 Å². The Bertz CT molecular complexity index is 581. The van der Waals surface area contributed by atoms with Crippen LogP contribution in [0.2, 0.25) is 0 Å². The minimum atomic E-state index is 0.0963. The van der Waals surface area contributed by atoms with Crippen LogP contribution in [0.1, 0.15) is 18.1 Å². The number of anilines is 1. The highest BCUT2D eigenvalue weighted by molar-refractivity contribution is 5.94. The molecule has 0 aliphatic heterocycles. The molecule has 0 saturated heterocycles. The maximum atomic E-state index is 12.3. The number of nitrogens with zero attached hydrogens (tertiary/aromatic N) is 1. The number of hydrogen-bond donors (Lipinski definition) is 1. The van der Waals surface area contributed by atoms with Gasteiger partial charge in [-0.15, -0.1) is 0 Å². The Kier molecular flexibility index (Phi) is 5.52. The Morgan fingerprint density at radius 1 is 1.10 bits per heavy atom. The summed E-state index contributed by atoms with van der Waals surface area (Å²) in [7, 11) is 0. The molecule has 0 radical (unpaired) electrons. The number of benzene rings is 2. The van der Waals surface area contributed by atoms with Crippen LogP contribution in [0.5, 0.6) is 0 Å². The van der Waals surface area contributed by atoms with E-state index in [0.29, 0.717) is 19.6 Å². The third-order valence-electron chi connectivity index (χ3n) is 3.38. The van der Waals surface area contributed by atoms with Crippen LogP contribution < -0.4 is 10.2 Å². The quantitative estimate of drug-likeness (QED) is 0.883. The van der Waals surface area contributed by atoms with Gasteiger partial charge in [0.15, 0.2) is 0 Å². The average Bonchev–Trinajstić information content (AvgIpc) is 2.49. The van der Waals surface area contributed by atoms with Gasteiger partial charge in [0.25, 0.3) is 0 Å². The molecule has 1 N–H and O–H groups in total. The topological polar surface area (TPSA) is 32.3 Å². The zero-order valence-electron chi connectivity index (χ0n) is 12.7. The number of hydrogen-bond acceptors (Lipinski definition) is 2. The minimum Gasteiger partial charge on any atom is -0.312 e.